The van der Waals surface area contributed by atoms with Gasteiger partial charge in [0.05, 0.1) is 12.6 Å². The molecule has 0 saturated carbocycles. The zero-order chi connectivity index (χ0) is 11.8. The van der Waals surface area contributed by atoms with Gasteiger partial charge < -0.3 is 10.1 Å². The van der Waals surface area contributed by atoms with Gasteiger partial charge in [-0.1, -0.05) is 13.0 Å². The second-order valence-corrected chi connectivity index (χ2v) is 3.96. The molecule has 0 radical (unpaired) electrons. The van der Waals surface area contributed by atoms with Gasteiger partial charge >= 0.3 is 0 Å². The van der Waals surface area contributed by atoms with E-state index >= 15 is 0 Å². The first-order chi connectivity index (χ1) is 7.77. The van der Waals surface area contributed by atoms with E-state index in [9.17, 15) is 0 Å². The summed E-state index contributed by atoms with van der Waals surface area (Å²) in [4.78, 5) is 4.23. The molecule has 0 aliphatic heterocycles. The molecule has 1 atom stereocenters. The highest BCUT2D eigenvalue weighted by molar-refractivity contribution is 5.20. The molecule has 1 aromatic rings. The van der Waals surface area contributed by atoms with Gasteiger partial charge in [-0.05, 0) is 37.9 Å². The molecule has 1 heterocycles. The number of aryl methyl sites for hydroxylation is 1. The fourth-order valence-corrected chi connectivity index (χ4v) is 1.60. The summed E-state index contributed by atoms with van der Waals surface area (Å²) in [5, 5.41) is 3.48. The highest BCUT2D eigenvalue weighted by atomic mass is 16.5. The van der Waals surface area contributed by atoms with Crippen LogP contribution in [0.3, 0.4) is 0 Å². The smallest absolute Gasteiger partial charge is 0.0661 e. The van der Waals surface area contributed by atoms with Crippen molar-refractivity contribution in [3.05, 3.63) is 29.6 Å². The molecule has 90 valence electrons. The summed E-state index contributed by atoms with van der Waals surface area (Å²) < 4.78 is 5.50. The molecule has 0 amide bonds. The zero-order valence-corrected chi connectivity index (χ0v) is 10.5. The zero-order valence-electron chi connectivity index (χ0n) is 10.5. The number of aromatic nitrogens is 1. The Morgan fingerprint density at radius 3 is 2.81 bits per heavy atom. The van der Waals surface area contributed by atoms with Crippen LogP contribution in [0, 0.1) is 6.92 Å². The maximum atomic E-state index is 5.50. The largest absolute Gasteiger partial charge is 0.380 e. The molecule has 0 aliphatic rings. The van der Waals surface area contributed by atoms with E-state index in [1.165, 1.54) is 11.1 Å². The van der Waals surface area contributed by atoms with Crippen LogP contribution in [0.15, 0.2) is 18.5 Å². The first-order valence-corrected chi connectivity index (χ1v) is 6.00. The van der Waals surface area contributed by atoms with Gasteiger partial charge in [-0.25, -0.2) is 0 Å². The Labute approximate surface area is 98.2 Å². The fourth-order valence-electron chi connectivity index (χ4n) is 1.60. The third-order valence-corrected chi connectivity index (χ3v) is 2.43. The first-order valence-electron chi connectivity index (χ1n) is 6.00. The Kier molecular flexibility index (Phi) is 6.04. The molecule has 0 fully saturated rings. The van der Waals surface area contributed by atoms with Crippen LogP contribution >= 0.6 is 0 Å². The molecule has 0 bridgehead atoms. The van der Waals surface area contributed by atoms with Crippen LogP contribution in [0.5, 0.6) is 0 Å². The van der Waals surface area contributed by atoms with E-state index in [2.05, 4.69) is 30.2 Å². The Morgan fingerprint density at radius 1 is 1.38 bits per heavy atom. The predicted molar refractivity (Wildman–Crippen MR) is 66.5 cm³/mol. The summed E-state index contributed by atoms with van der Waals surface area (Å²) in [7, 11) is 0. The summed E-state index contributed by atoms with van der Waals surface area (Å²) in [5.41, 5.74) is 2.40. The van der Waals surface area contributed by atoms with Crippen molar-refractivity contribution in [2.45, 2.75) is 33.2 Å². The maximum absolute atomic E-state index is 5.50. The second-order valence-electron chi connectivity index (χ2n) is 3.96. The fraction of sp³-hybridized carbons (Fsp3) is 0.615. The molecule has 1 N–H and O–H groups in total. The summed E-state index contributed by atoms with van der Waals surface area (Å²) in [6, 6.07) is 2.42. The molecule has 0 saturated heterocycles. The minimum Gasteiger partial charge on any atom is -0.380 e. The number of hydrogen-bond acceptors (Lipinski definition) is 3. The van der Waals surface area contributed by atoms with E-state index in [-0.39, 0.29) is 6.04 Å². The van der Waals surface area contributed by atoms with Gasteiger partial charge in [0.15, 0.2) is 0 Å². The lowest BCUT2D eigenvalue weighted by atomic mass is 10.1. The van der Waals surface area contributed by atoms with Crippen LogP contribution in [0.4, 0.5) is 0 Å². The molecule has 1 aromatic heterocycles. The highest BCUT2D eigenvalue weighted by Crippen LogP contribution is 2.13. The molecule has 0 spiro atoms. The summed E-state index contributed by atoms with van der Waals surface area (Å²) in [6.07, 6.45) is 4.92. The van der Waals surface area contributed by atoms with E-state index in [0.29, 0.717) is 6.61 Å². The van der Waals surface area contributed by atoms with E-state index in [0.717, 1.165) is 19.6 Å². The average Bonchev–Trinajstić information content (AvgIpc) is 2.29. The van der Waals surface area contributed by atoms with Gasteiger partial charge in [-0.15, -0.1) is 0 Å². The minimum atomic E-state index is 0.257. The Morgan fingerprint density at radius 2 is 2.19 bits per heavy atom. The van der Waals surface area contributed by atoms with Gasteiger partial charge in [0.2, 0.25) is 0 Å². The summed E-state index contributed by atoms with van der Waals surface area (Å²) in [5.74, 6) is 0. The van der Waals surface area contributed by atoms with Crippen LogP contribution in [0.1, 0.15) is 37.4 Å². The molecular formula is C13H22N2O. The van der Waals surface area contributed by atoms with E-state index in [4.69, 9.17) is 4.74 Å². The summed E-state index contributed by atoms with van der Waals surface area (Å²) in [6.45, 7) is 8.72. The van der Waals surface area contributed by atoms with Gasteiger partial charge in [0.1, 0.15) is 0 Å². The van der Waals surface area contributed by atoms with Crippen LogP contribution < -0.4 is 5.32 Å². The third kappa shape index (κ3) is 4.29. The van der Waals surface area contributed by atoms with Crippen LogP contribution in [0.2, 0.25) is 0 Å². The highest BCUT2D eigenvalue weighted by Gasteiger charge is 2.10. The van der Waals surface area contributed by atoms with Crippen LogP contribution in [-0.2, 0) is 4.74 Å². The lowest BCUT2D eigenvalue weighted by molar-refractivity contribution is 0.123. The number of hydrogen-bond donors (Lipinski definition) is 1. The number of nitrogens with one attached hydrogen (secondary N) is 1. The van der Waals surface area contributed by atoms with Gasteiger partial charge in [0, 0.05) is 19.0 Å². The minimum absolute atomic E-state index is 0.257. The quantitative estimate of drug-likeness (QED) is 0.769. The van der Waals surface area contributed by atoms with E-state index in [1.807, 2.05) is 19.3 Å². The van der Waals surface area contributed by atoms with Crippen LogP contribution in [0.25, 0.3) is 0 Å². The van der Waals surface area contributed by atoms with Crippen molar-refractivity contribution in [2.24, 2.45) is 0 Å². The van der Waals surface area contributed by atoms with Gasteiger partial charge in [-0.3, -0.25) is 4.98 Å². The molecular weight excluding hydrogens is 200 g/mol. The normalized spacial score (nSPS) is 12.7. The predicted octanol–water partition coefficient (Wildman–Crippen LogP) is 2.47. The molecule has 0 aromatic carbocycles. The average molecular weight is 222 g/mol. The van der Waals surface area contributed by atoms with E-state index < -0.39 is 0 Å². The Balaban J connectivity index is 2.66. The SMILES string of the molecule is CCCNC(COCC)c1cncc(C)c1. The third-order valence-electron chi connectivity index (χ3n) is 2.43. The van der Waals surface area contributed by atoms with Crippen molar-refractivity contribution in [2.75, 3.05) is 19.8 Å². The standard InChI is InChI=1S/C13H22N2O/c1-4-6-15-13(10-16-5-2)12-7-11(3)8-14-9-12/h7-9,13,15H,4-6,10H2,1-3H3. The number of rotatable bonds is 7. The molecule has 0 aliphatic carbocycles. The number of nitrogens with zero attached hydrogens (tertiary/aromatic N) is 1. The summed E-state index contributed by atoms with van der Waals surface area (Å²) >= 11 is 0. The molecule has 3 nitrogen and oxygen atoms in total. The van der Waals surface area contributed by atoms with Crippen molar-refractivity contribution in [1.29, 1.82) is 0 Å². The Hall–Kier alpha value is -0.930. The lowest BCUT2D eigenvalue weighted by Crippen LogP contribution is -2.26. The van der Waals surface area contributed by atoms with Crippen LogP contribution in [-0.4, -0.2) is 24.7 Å². The Bertz CT molecular complexity index is 294. The van der Waals surface area contributed by atoms with Crippen molar-refractivity contribution >= 4 is 0 Å². The number of ether oxygens (including phenoxy) is 1. The van der Waals surface area contributed by atoms with Crippen molar-refractivity contribution in [1.82, 2.24) is 10.3 Å². The first kappa shape index (κ1) is 13.1. The molecule has 1 rings (SSSR count). The van der Waals surface area contributed by atoms with Crippen molar-refractivity contribution < 1.29 is 4.74 Å². The number of pyridine rings is 1. The molecule has 16 heavy (non-hydrogen) atoms. The van der Waals surface area contributed by atoms with Crippen molar-refractivity contribution in [3.8, 4) is 0 Å². The van der Waals surface area contributed by atoms with Crippen molar-refractivity contribution in [3.63, 3.8) is 0 Å². The second kappa shape index (κ2) is 7.36. The molecule has 1 unspecified atom stereocenters. The maximum Gasteiger partial charge on any atom is 0.0661 e. The van der Waals surface area contributed by atoms with Gasteiger partial charge in [-0.2, -0.15) is 0 Å². The monoisotopic (exact) mass is 222 g/mol. The van der Waals surface area contributed by atoms with Gasteiger partial charge in [0.25, 0.3) is 0 Å². The lowest BCUT2D eigenvalue weighted by Gasteiger charge is -2.18. The molecule has 3 heteroatoms. The topological polar surface area (TPSA) is 34.1 Å². The van der Waals surface area contributed by atoms with E-state index in [1.54, 1.807) is 0 Å².